The molecule has 2 aromatic heterocycles. The normalized spacial score (nSPS) is 20.5. The average molecular weight is 426 g/mol. The van der Waals surface area contributed by atoms with Crippen molar-refractivity contribution in [2.75, 3.05) is 45.2 Å². The molecular weight excluding hydrogens is 394 g/mol. The summed E-state index contributed by atoms with van der Waals surface area (Å²) in [5.74, 6) is 0.552. The first-order valence-electron chi connectivity index (χ1n) is 11.0. The molecule has 2 saturated heterocycles. The number of hydrogen-bond acceptors (Lipinski definition) is 6. The second kappa shape index (κ2) is 9.51. The fraction of sp³-hybridized carbons (Fsp3) is 0.522. The zero-order valence-electron chi connectivity index (χ0n) is 18.3. The van der Waals surface area contributed by atoms with Crippen LogP contribution < -0.4 is 20.5 Å². The summed E-state index contributed by atoms with van der Waals surface area (Å²) < 4.78 is 5.09. The Labute approximate surface area is 182 Å². The number of rotatable bonds is 5. The second-order valence-corrected chi connectivity index (χ2v) is 8.34. The van der Waals surface area contributed by atoms with Crippen LogP contribution in [0.3, 0.4) is 0 Å². The van der Waals surface area contributed by atoms with E-state index in [0.717, 1.165) is 63.2 Å². The van der Waals surface area contributed by atoms with Crippen LogP contribution in [-0.2, 0) is 0 Å². The van der Waals surface area contributed by atoms with E-state index >= 15 is 0 Å². The highest BCUT2D eigenvalue weighted by atomic mass is 16.5. The van der Waals surface area contributed by atoms with Gasteiger partial charge in [-0.2, -0.15) is 0 Å². The maximum atomic E-state index is 12.1. The number of pyridine rings is 2. The van der Waals surface area contributed by atoms with Crippen molar-refractivity contribution in [3.63, 3.8) is 0 Å². The van der Waals surface area contributed by atoms with E-state index in [1.54, 1.807) is 25.4 Å². The molecule has 4 heterocycles. The Morgan fingerprint density at radius 3 is 2.61 bits per heavy atom. The van der Waals surface area contributed by atoms with Crippen molar-refractivity contribution in [2.24, 2.45) is 0 Å². The van der Waals surface area contributed by atoms with Crippen molar-refractivity contribution >= 4 is 11.6 Å². The number of H-pyrrole nitrogens is 1. The molecule has 8 nitrogen and oxygen atoms in total. The molecule has 2 aliphatic rings. The number of ether oxygens (including phenoxy) is 1. The number of aromatic amines is 1. The van der Waals surface area contributed by atoms with Gasteiger partial charge in [-0.05, 0) is 56.5 Å². The van der Waals surface area contributed by atoms with Crippen LogP contribution in [0.4, 0.5) is 5.69 Å². The molecule has 0 aliphatic carbocycles. The fourth-order valence-electron chi connectivity index (χ4n) is 4.79. The van der Waals surface area contributed by atoms with Crippen LogP contribution in [0.5, 0.6) is 5.75 Å². The first-order valence-corrected chi connectivity index (χ1v) is 11.0. The smallest absolute Gasteiger partial charge is 0.290 e. The lowest BCUT2D eigenvalue weighted by atomic mass is 9.91. The maximum Gasteiger partial charge on any atom is 0.290 e. The predicted molar refractivity (Wildman–Crippen MR) is 120 cm³/mol. The van der Waals surface area contributed by atoms with Gasteiger partial charge in [-0.15, -0.1) is 0 Å². The monoisotopic (exact) mass is 425 g/mol. The van der Waals surface area contributed by atoms with Crippen molar-refractivity contribution < 1.29 is 9.53 Å². The summed E-state index contributed by atoms with van der Waals surface area (Å²) in [6, 6.07) is 8.09. The topological polar surface area (TPSA) is 90.6 Å². The third-order valence-corrected chi connectivity index (χ3v) is 6.56. The first kappa shape index (κ1) is 21.4. The number of carbonyl (C=O) groups is 1. The molecule has 2 aliphatic heterocycles. The highest BCUT2D eigenvalue weighted by Gasteiger charge is 2.30. The molecule has 0 bridgehead atoms. The Balaban J connectivity index is 1.34. The molecule has 0 spiro atoms. The number of carbonyl (C=O) groups excluding carboxylic acids is 1. The van der Waals surface area contributed by atoms with Crippen LogP contribution in [0, 0.1) is 0 Å². The third kappa shape index (κ3) is 4.74. The maximum absolute atomic E-state index is 12.1. The van der Waals surface area contributed by atoms with Crippen LogP contribution in [0.2, 0.25) is 0 Å². The van der Waals surface area contributed by atoms with Gasteiger partial charge in [-0.25, -0.2) is 4.98 Å². The molecule has 31 heavy (non-hydrogen) atoms. The van der Waals surface area contributed by atoms with Crippen molar-refractivity contribution in [1.29, 1.82) is 0 Å². The first-order chi connectivity index (χ1) is 15.1. The number of aromatic nitrogens is 2. The number of amides is 1. The number of piperidine rings is 2. The summed E-state index contributed by atoms with van der Waals surface area (Å²) >= 11 is 0. The van der Waals surface area contributed by atoms with Crippen molar-refractivity contribution in [3.05, 3.63) is 52.2 Å². The number of likely N-dealkylation sites (tertiary alicyclic amines) is 1. The molecule has 2 N–H and O–H groups in total. The molecule has 0 radical (unpaired) electrons. The van der Waals surface area contributed by atoms with E-state index in [9.17, 15) is 9.59 Å². The summed E-state index contributed by atoms with van der Waals surface area (Å²) in [6.45, 7) is 4.05. The summed E-state index contributed by atoms with van der Waals surface area (Å²) in [5.41, 5.74) is 2.37. The minimum atomic E-state index is -0.164. The molecular formula is C23H31N5O3. The summed E-state index contributed by atoms with van der Waals surface area (Å²) in [4.78, 5) is 36.1. The van der Waals surface area contributed by atoms with Crippen molar-refractivity contribution in [2.45, 2.75) is 37.6 Å². The summed E-state index contributed by atoms with van der Waals surface area (Å²) in [7, 11) is 3.13. The number of hydrogen-bond donors (Lipinski definition) is 2. The third-order valence-electron chi connectivity index (χ3n) is 6.56. The SMILES string of the molecule is CNC(=O)c1ccc(N2CCC(N3CCCC(c4ccc(OC)c(=O)[nH]4)C3)CC2)cn1. The van der Waals surface area contributed by atoms with Crippen LogP contribution in [-0.4, -0.2) is 67.2 Å². The van der Waals surface area contributed by atoms with Gasteiger partial charge in [0.1, 0.15) is 5.69 Å². The molecule has 1 atom stereocenters. The molecule has 1 unspecified atom stereocenters. The van der Waals surface area contributed by atoms with Gasteiger partial charge in [0.25, 0.3) is 11.5 Å². The van der Waals surface area contributed by atoms with Crippen LogP contribution in [0.15, 0.2) is 35.3 Å². The number of anilines is 1. The van der Waals surface area contributed by atoms with E-state index in [2.05, 4.69) is 25.1 Å². The molecule has 2 fully saturated rings. The van der Waals surface area contributed by atoms with Gasteiger partial charge in [0.15, 0.2) is 5.75 Å². The van der Waals surface area contributed by atoms with E-state index in [1.807, 2.05) is 12.1 Å². The molecule has 4 rings (SSSR count). The standard InChI is InChI=1S/C23H31N5O3/c1-24-22(29)20-6-5-18(14-25-20)27-12-9-17(10-13-27)28-11-3-4-16(15-28)19-7-8-21(31-2)23(30)26-19/h5-8,14,16-17H,3-4,9-13,15H2,1-2H3,(H,24,29)(H,26,30). The van der Waals surface area contributed by atoms with Gasteiger partial charge in [0.05, 0.1) is 19.0 Å². The van der Waals surface area contributed by atoms with Gasteiger partial charge in [0.2, 0.25) is 0 Å². The number of methoxy groups -OCH3 is 1. The van der Waals surface area contributed by atoms with E-state index in [4.69, 9.17) is 4.74 Å². The van der Waals surface area contributed by atoms with Gasteiger partial charge in [-0.3, -0.25) is 14.5 Å². The van der Waals surface area contributed by atoms with Gasteiger partial charge in [-0.1, -0.05) is 0 Å². The second-order valence-electron chi connectivity index (χ2n) is 8.34. The van der Waals surface area contributed by atoms with Gasteiger partial charge >= 0.3 is 0 Å². The van der Waals surface area contributed by atoms with Gasteiger partial charge < -0.3 is 19.9 Å². The largest absolute Gasteiger partial charge is 0.491 e. The van der Waals surface area contributed by atoms with Crippen LogP contribution in [0.1, 0.15) is 47.8 Å². The fourth-order valence-corrected chi connectivity index (χ4v) is 4.79. The lowest BCUT2D eigenvalue weighted by Gasteiger charge is -2.42. The molecule has 2 aromatic rings. The Morgan fingerprint density at radius 1 is 1.16 bits per heavy atom. The lowest BCUT2D eigenvalue weighted by molar-refractivity contribution is 0.0958. The highest BCUT2D eigenvalue weighted by Crippen LogP contribution is 2.30. The zero-order valence-corrected chi connectivity index (χ0v) is 18.3. The molecule has 0 saturated carbocycles. The summed E-state index contributed by atoms with van der Waals surface area (Å²) in [5, 5.41) is 2.60. The molecule has 1 amide bonds. The van der Waals surface area contributed by atoms with E-state index in [0.29, 0.717) is 23.4 Å². The number of nitrogens with one attached hydrogen (secondary N) is 2. The quantitative estimate of drug-likeness (QED) is 0.761. The van der Waals surface area contributed by atoms with Crippen molar-refractivity contribution in [3.8, 4) is 5.75 Å². The Kier molecular flexibility index (Phi) is 6.56. The van der Waals surface area contributed by atoms with Crippen LogP contribution in [0.25, 0.3) is 0 Å². The minimum Gasteiger partial charge on any atom is -0.491 e. The minimum absolute atomic E-state index is 0.151. The lowest BCUT2D eigenvalue weighted by Crippen LogP contribution is -2.48. The van der Waals surface area contributed by atoms with Gasteiger partial charge in [0, 0.05) is 44.3 Å². The van der Waals surface area contributed by atoms with E-state index in [1.165, 1.54) is 7.11 Å². The summed E-state index contributed by atoms with van der Waals surface area (Å²) in [6.07, 6.45) is 6.23. The molecule has 166 valence electrons. The molecule has 0 aromatic carbocycles. The van der Waals surface area contributed by atoms with Crippen molar-refractivity contribution in [1.82, 2.24) is 20.2 Å². The predicted octanol–water partition coefficient (Wildman–Crippen LogP) is 1.99. The van der Waals surface area contributed by atoms with E-state index < -0.39 is 0 Å². The zero-order chi connectivity index (χ0) is 21.8. The van der Waals surface area contributed by atoms with E-state index in [-0.39, 0.29) is 11.5 Å². The molecule has 8 heteroatoms. The average Bonchev–Trinajstić information content (AvgIpc) is 2.84. The van der Waals surface area contributed by atoms with Crippen LogP contribution >= 0.6 is 0 Å². The Hall–Kier alpha value is -2.87. The Bertz CT molecular complexity index is 950. The number of nitrogens with zero attached hydrogens (tertiary/aromatic N) is 3. The highest BCUT2D eigenvalue weighted by molar-refractivity contribution is 5.92. The Morgan fingerprint density at radius 2 is 1.97 bits per heavy atom.